The Morgan fingerprint density at radius 2 is 2.37 bits per heavy atom. The number of thiophene rings is 1. The molecule has 0 bridgehead atoms. The molecule has 0 radical (unpaired) electrons. The Kier molecular flexibility index (Phi) is 2.88. The van der Waals surface area contributed by atoms with Gasteiger partial charge in [0.05, 0.1) is 6.20 Å². The molecule has 1 aliphatic rings. The summed E-state index contributed by atoms with van der Waals surface area (Å²) in [6, 6.07) is 1.82. The SMILES string of the molecule is CC1c2ccsc2CCN1S(=O)(=O)c1cn[nH]c1N. The summed E-state index contributed by atoms with van der Waals surface area (Å²) in [7, 11) is -3.60. The first-order valence-corrected chi connectivity index (χ1v) is 8.20. The van der Waals surface area contributed by atoms with E-state index < -0.39 is 10.0 Å². The quantitative estimate of drug-likeness (QED) is 0.875. The molecule has 0 spiro atoms. The highest BCUT2D eigenvalue weighted by atomic mass is 32.2. The van der Waals surface area contributed by atoms with Crippen LogP contribution < -0.4 is 5.73 Å². The lowest BCUT2D eigenvalue weighted by atomic mass is 10.0. The Morgan fingerprint density at radius 3 is 3.05 bits per heavy atom. The van der Waals surface area contributed by atoms with Gasteiger partial charge in [0.1, 0.15) is 10.7 Å². The maximum absolute atomic E-state index is 12.6. The van der Waals surface area contributed by atoms with Crippen molar-refractivity contribution in [2.75, 3.05) is 12.3 Å². The molecule has 0 fully saturated rings. The molecule has 6 nitrogen and oxygen atoms in total. The topological polar surface area (TPSA) is 92.1 Å². The summed E-state index contributed by atoms with van der Waals surface area (Å²) in [5, 5.41) is 8.16. The van der Waals surface area contributed by atoms with Gasteiger partial charge in [-0.05, 0) is 30.4 Å². The third-order valence-electron chi connectivity index (χ3n) is 3.44. The lowest BCUT2D eigenvalue weighted by molar-refractivity contribution is 0.329. The second-order valence-corrected chi connectivity index (χ2v) is 7.35. The Labute approximate surface area is 115 Å². The summed E-state index contributed by atoms with van der Waals surface area (Å²) in [5.74, 6) is 0.0864. The predicted octanol–water partition coefficient (Wildman–Crippen LogP) is 1.36. The third-order valence-corrected chi connectivity index (χ3v) is 6.43. The zero-order valence-electron chi connectivity index (χ0n) is 10.3. The van der Waals surface area contributed by atoms with Crippen molar-refractivity contribution in [1.82, 2.24) is 14.5 Å². The summed E-state index contributed by atoms with van der Waals surface area (Å²) in [6.07, 6.45) is 2.01. The number of rotatable bonds is 2. The normalized spacial score (nSPS) is 20.4. The zero-order chi connectivity index (χ0) is 13.6. The molecule has 0 amide bonds. The first-order valence-electron chi connectivity index (χ1n) is 5.89. The molecule has 0 aromatic carbocycles. The highest BCUT2D eigenvalue weighted by Gasteiger charge is 2.36. The van der Waals surface area contributed by atoms with Gasteiger partial charge in [-0.25, -0.2) is 8.42 Å². The minimum atomic E-state index is -3.60. The van der Waals surface area contributed by atoms with Crippen molar-refractivity contribution in [3.63, 3.8) is 0 Å². The summed E-state index contributed by atoms with van der Waals surface area (Å²) in [6.45, 7) is 2.38. The van der Waals surface area contributed by atoms with E-state index >= 15 is 0 Å². The van der Waals surface area contributed by atoms with Crippen molar-refractivity contribution in [3.05, 3.63) is 28.1 Å². The van der Waals surface area contributed by atoms with Gasteiger partial charge in [0, 0.05) is 17.5 Å². The molecule has 19 heavy (non-hydrogen) atoms. The molecule has 2 aromatic heterocycles. The first-order chi connectivity index (χ1) is 9.01. The van der Waals surface area contributed by atoms with Gasteiger partial charge in [-0.1, -0.05) is 0 Å². The van der Waals surface area contributed by atoms with Gasteiger partial charge >= 0.3 is 0 Å². The zero-order valence-corrected chi connectivity index (χ0v) is 12.0. The maximum atomic E-state index is 12.6. The van der Waals surface area contributed by atoms with Gasteiger partial charge in [0.25, 0.3) is 0 Å². The van der Waals surface area contributed by atoms with Gasteiger partial charge in [0.15, 0.2) is 0 Å². The number of sulfonamides is 1. The molecule has 0 aliphatic carbocycles. The van der Waals surface area contributed by atoms with E-state index in [1.165, 1.54) is 15.4 Å². The molecule has 3 rings (SSSR count). The highest BCUT2D eigenvalue weighted by molar-refractivity contribution is 7.89. The van der Waals surface area contributed by atoms with Crippen molar-refractivity contribution < 1.29 is 8.42 Å². The Morgan fingerprint density at radius 1 is 1.58 bits per heavy atom. The van der Waals surface area contributed by atoms with E-state index in [1.807, 2.05) is 18.4 Å². The van der Waals surface area contributed by atoms with Crippen LogP contribution in [0.2, 0.25) is 0 Å². The minimum absolute atomic E-state index is 0.0537. The summed E-state index contributed by atoms with van der Waals surface area (Å²) in [4.78, 5) is 1.32. The molecular weight excluding hydrogens is 284 g/mol. The number of aromatic amines is 1. The van der Waals surface area contributed by atoms with Crippen LogP contribution in [0.3, 0.4) is 0 Å². The van der Waals surface area contributed by atoms with E-state index in [0.717, 1.165) is 12.0 Å². The van der Waals surface area contributed by atoms with Gasteiger partial charge in [-0.15, -0.1) is 11.3 Å². The average molecular weight is 298 g/mol. The van der Waals surface area contributed by atoms with Gasteiger partial charge in [-0.3, -0.25) is 5.10 Å². The van der Waals surface area contributed by atoms with Crippen LogP contribution in [0.4, 0.5) is 5.82 Å². The number of nitrogens with two attached hydrogens (primary N) is 1. The Balaban J connectivity index is 2.03. The lowest BCUT2D eigenvalue weighted by Gasteiger charge is -2.32. The fourth-order valence-corrected chi connectivity index (χ4v) is 5.02. The van der Waals surface area contributed by atoms with Crippen molar-refractivity contribution in [2.24, 2.45) is 0 Å². The molecule has 0 saturated heterocycles. The third kappa shape index (κ3) is 1.87. The molecule has 3 N–H and O–H groups in total. The van der Waals surface area contributed by atoms with Crippen LogP contribution >= 0.6 is 11.3 Å². The number of anilines is 1. The molecule has 0 saturated carbocycles. The Hall–Kier alpha value is -1.38. The van der Waals surface area contributed by atoms with Crippen LogP contribution in [-0.4, -0.2) is 29.5 Å². The molecule has 102 valence electrons. The molecule has 1 unspecified atom stereocenters. The number of nitrogens with zero attached hydrogens (tertiary/aromatic N) is 2. The minimum Gasteiger partial charge on any atom is -0.383 e. The molecule has 8 heteroatoms. The number of aromatic nitrogens is 2. The number of nitrogens with one attached hydrogen (secondary N) is 1. The summed E-state index contributed by atoms with van der Waals surface area (Å²) >= 11 is 1.68. The van der Waals surface area contributed by atoms with E-state index in [1.54, 1.807) is 11.3 Å². The van der Waals surface area contributed by atoms with Crippen molar-refractivity contribution in [3.8, 4) is 0 Å². The number of hydrogen-bond acceptors (Lipinski definition) is 5. The number of nitrogen functional groups attached to an aromatic ring is 1. The van der Waals surface area contributed by atoms with Crippen LogP contribution in [0.15, 0.2) is 22.5 Å². The van der Waals surface area contributed by atoms with E-state index in [-0.39, 0.29) is 16.8 Å². The van der Waals surface area contributed by atoms with Crippen LogP contribution in [0, 0.1) is 0 Å². The number of H-pyrrole nitrogens is 1. The highest BCUT2D eigenvalue weighted by Crippen LogP contribution is 2.36. The monoisotopic (exact) mass is 298 g/mol. The summed E-state index contributed by atoms with van der Waals surface area (Å²) < 4.78 is 26.7. The van der Waals surface area contributed by atoms with E-state index in [9.17, 15) is 8.42 Å². The van der Waals surface area contributed by atoms with E-state index in [2.05, 4.69) is 10.2 Å². The lowest BCUT2D eigenvalue weighted by Crippen LogP contribution is -2.38. The number of hydrogen-bond donors (Lipinski definition) is 2. The van der Waals surface area contributed by atoms with E-state index in [4.69, 9.17) is 5.73 Å². The average Bonchev–Trinajstić information content (AvgIpc) is 2.97. The van der Waals surface area contributed by atoms with E-state index in [0.29, 0.717) is 6.54 Å². The second-order valence-electron chi connectivity index (χ2n) is 4.49. The molecular formula is C11H14N4O2S2. The first kappa shape index (κ1) is 12.6. The van der Waals surface area contributed by atoms with Crippen LogP contribution in [0.25, 0.3) is 0 Å². The van der Waals surface area contributed by atoms with Gasteiger partial charge < -0.3 is 5.73 Å². The predicted molar refractivity (Wildman–Crippen MR) is 73.3 cm³/mol. The summed E-state index contributed by atoms with van der Waals surface area (Å²) in [5.41, 5.74) is 6.72. The van der Waals surface area contributed by atoms with Crippen molar-refractivity contribution in [1.29, 1.82) is 0 Å². The van der Waals surface area contributed by atoms with Crippen LogP contribution in [-0.2, 0) is 16.4 Å². The van der Waals surface area contributed by atoms with Crippen molar-refractivity contribution >= 4 is 27.2 Å². The molecule has 3 heterocycles. The fraction of sp³-hybridized carbons (Fsp3) is 0.364. The standard InChI is InChI=1S/C11H14N4O2S2/c1-7-8-3-5-18-9(8)2-4-15(7)19(16,17)10-6-13-14-11(10)12/h3,5-7H,2,4H2,1H3,(H3,12,13,14). The Bertz CT molecular complexity index is 704. The molecule has 1 aliphatic heterocycles. The molecule has 2 aromatic rings. The van der Waals surface area contributed by atoms with Crippen molar-refractivity contribution in [2.45, 2.75) is 24.3 Å². The molecule has 1 atom stereocenters. The van der Waals surface area contributed by atoms with Gasteiger partial charge in [-0.2, -0.15) is 9.40 Å². The van der Waals surface area contributed by atoms with Crippen LogP contribution in [0.1, 0.15) is 23.4 Å². The van der Waals surface area contributed by atoms with Crippen LogP contribution in [0.5, 0.6) is 0 Å². The fourth-order valence-electron chi connectivity index (χ4n) is 2.43. The number of fused-ring (bicyclic) bond motifs is 1. The maximum Gasteiger partial charge on any atom is 0.248 e. The smallest absolute Gasteiger partial charge is 0.248 e. The van der Waals surface area contributed by atoms with Gasteiger partial charge in [0.2, 0.25) is 10.0 Å². The second kappa shape index (κ2) is 4.32. The largest absolute Gasteiger partial charge is 0.383 e.